The topological polar surface area (TPSA) is 72.5 Å². The lowest BCUT2D eigenvalue weighted by Crippen LogP contribution is -2.25. The molecule has 4 aromatic rings. The van der Waals surface area contributed by atoms with E-state index < -0.39 is 0 Å². The van der Waals surface area contributed by atoms with Gasteiger partial charge >= 0.3 is 6.01 Å². The van der Waals surface area contributed by atoms with Gasteiger partial charge in [-0.25, -0.2) is 4.98 Å². The van der Waals surface area contributed by atoms with E-state index in [1.165, 1.54) is 18.4 Å². The fraction of sp³-hybridized carbons (Fsp3) is 0.360. The van der Waals surface area contributed by atoms with Gasteiger partial charge in [-0.3, -0.25) is 4.90 Å². The van der Waals surface area contributed by atoms with Crippen molar-refractivity contribution in [3.8, 4) is 23.3 Å². The minimum atomic E-state index is 0.301. The standard InChI is InChI=1S/C25H28N4O3/c1-16-17(2)27-21-7-6-19(13-20(16)21)32-25-26-15-18-12-23(30-3)24(14-22(18)28-25)31-11-10-29-8-4-5-9-29/h6-7,12-15,27H,4-5,8-11H2,1-3H3. The number of fused-ring (bicyclic) bond motifs is 2. The van der Waals surface area contributed by atoms with Gasteiger partial charge in [0.15, 0.2) is 11.5 Å². The van der Waals surface area contributed by atoms with Crippen LogP contribution in [0.25, 0.3) is 21.8 Å². The van der Waals surface area contributed by atoms with Crippen LogP contribution in [0.2, 0.25) is 0 Å². The molecule has 2 aromatic carbocycles. The van der Waals surface area contributed by atoms with E-state index >= 15 is 0 Å². The third-order valence-corrected chi connectivity index (χ3v) is 6.20. The first kappa shape index (κ1) is 20.6. The van der Waals surface area contributed by atoms with Gasteiger partial charge in [0.05, 0.1) is 12.6 Å². The van der Waals surface area contributed by atoms with E-state index in [9.17, 15) is 0 Å². The van der Waals surface area contributed by atoms with Crippen LogP contribution in [0.4, 0.5) is 0 Å². The Hall–Kier alpha value is -3.32. The molecule has 3 heterocycles. The molecule has 2 aromatic heterocycles. The van der Waals surface area contributed by atoms with E-state index in [-0.39, 0.29) is 0 Å². The smallest absolute Gasteiger partial charge is 0.322 e. The Morgan fingerprint density at radius 2 is 1.91 bits per heavy atom. The van der Waals surface area contributed by atoms with Crippen LogP contribution in [-0.2, 0) is 0 Å². The zero-order valence-corrected chi connectivity index (χ0v) is 18.8. The zero-order chi connectivity index (χ0) is 22.1. The Balaban J connectivity index is 1.37. The Morgan fingerprint density at radius 3 is 2.72 bits per heavy atom. The number of hydrogen-bond donors (Lipinski definition) is 1. The van der Waals surface area contributed by atoms with Crippen molar-refractivity contribution in [2.75, 3.05) is 33.4 Å². The summed E-state index contributed by atoms with van der Waals surface area (Å²) in [5, 5.41) is 2.01. The van der Waals surface area contributed by atoms with Crippen LogP contribution < -0.4 is 14.2 Å². The molecule has 1 aliphatic rings. The molecule has 5 rings (SSSR count). The van der Waals surface area contributed by atoms with Gasteiger partial charge in [-0.2, -0.15) is 4.98 Å². The van der Waals surface area contributed by atoms with E-state index in [0.717, 1.165) is 47.1 Å². The normalized spacial score (nSPS) is 14.3. The molecule has 7 heteroatoms. The molecule has 32 heavy (non-hydrogen) atoms. The minimum absolute atomic E-state index is 0.301. The number of aryl methyl sites for hydroxylation is 2. The highest BCUT2D eigenvalue weighted by Crippen LogP contribution is 2.33. The van der Waals surface area contributed by atoms with Crippen molar-refractivity contribution in [3.63, 3.8) is 0 Å². The maximum absolute atomic E-state index is 6.05. The molecule has 166 valence electrons. The summed E-state index contributed by atoms with van der Waals surface area (Å²) < 4.78 is 17.6. The van der Waals surface area contributed by atoms with Crippen LogP contribution in [0.1, 0.15) is 24.1 Å². The Bertz CT molecular complexity index is 1260. The first-order valence-electron chi connectivity index (χ1n) is 11.1. The zero-order valence-electron chi connectivity index (χ0n) is 18.8. The number of rotatable bonds is 7. The van der Waals surface area contributed by atoms with Crippen LogP contribution in [0.5, 0.6) is 23.3 Å². The average molecular weight is 433 g/mol. The third-order valence-electron chi connectivity index (χ3n) is 6.20. The molecule has 0 atom stereocenters. The monoisotopic (exact) mass is 432 g/mol. The second kappa shape index (κ2) is 8.67. The number of likely N-dealkylation sites (tertiary alicyclic amines) is 1. The van der Waals surface area contributed by atoms with Crippen molar-refractivity contribution in [3.05, 3.63) is 47.8 Å². The molecule has 0 bridgehead atoms. The summed E-state index contributed by atoms with van der Waals surface area (Å²) in [7, 11) is 1.65. The van der Waals surface area contributed by atoms with Gasteiger partial charge in [0.2, 0.25) is 0 Å². The fourth-order valence-corrected chi connectivity index (χ4v) is 4.24. The van der Waals surface area contributed by atoms with Crippen molar-refractivity contribution in [1.29, 1.82) is 0 Å². The maximum atomic E-state index is 6.05. The van der Waals surface area contributed by atoms with E-state index in [1.54, 1.807) is 13.3 Å². The number of aromatic nitrogens is 3. The fourth-order valence-electron chi connectivity index (χ4n) is 4.24. The highest BCUT2D eigenvalue weighted by atomic mass is 16.5. The van der Waals surface area contributed by atoms with E-state index in [1.807, 2.05) is 30.3 Å². The Kier molecular flexibility index (Phi) is 5.57. The summed E-state index contributed by atoms with van der Waals surface area (Å²) in [5.41, 5.74) is 4.22. The molecule has 1 aliphatic heterocycles. The van der Waals surface area contributed by atoms with Gasteiger partial charge < -0.3 is 19.2 Å². The first-order valence-corrected chi connectivity index (χ1v) is 11.1. The predicted octanol–water partition coefficient (Wildman–Crippen LogP) is 5.00. The molecule has 0 spiro atoms. The summed E-state index contributed by atoms with van der Waals surface area (Å²) in [6.45, 7) is 8.01. The van der Waals surface area contributed by atoms with Crippen LogP contribution in [0.3, 0.4) is 0 Å². The molecule has 0 unspecified atom stereocenters. The quantitative estimate of drug-likeness (QED) is 0.443. The van der Waals surface area contributed by atoms with Crippen molar-refractivity contribution in [2.45, 2.75) is 26.7 Å². The number of nitrogens with zero attached hydrogens (tertiary/aromatic N) is 3. The number of benzene rings is 2. The lowest BCUT2D eigenvalue weighted by Gasteiger charge is -2.16. The van der Waals surface area contributed by atoms with E-state index in [4.69, 9.17) is 14.2 Å². The molecule has 0 aliphatic carbocycles. The molecule has 1 fully saturated rings. The van der Waals surface area contributed by atoms with E-state index in [2.05, 4.69) is 33.7 Å². The Labute approximate surface area is 187 Å². The lowest BCUT2D eigenvalue weighted by atomic mass is 10.1. The largest absolute Gasteiger partial charge is 0.493 e. The molecule has 0 radical (unpaired) electrons. The highest BCUT2D eigenvalue weighted by Gasteiger charge is 2.14. The Morgan fingerprint density at radius 1 is 1.06 bits per heavy atom. The summed E-state index contributed by atoms with van der Waals surface area (Å²) in [6, 6.07) is 10.1. The molecule has 7 nitrogen and oxygen atoms in total. The number of H-pyrrole nitrogens is 1. The van der Waals surface area contributed by atoms with Gasteiger partial charge in [0.1, 0.15) is 12.4 Å². The second-order valence-electron chi connectivity index (χ2n) is 8.30. The minimum Gasteiger partial charge on any atom is -0.493 e. The van der Waals surface area contributed by atoms with Crippen molar-refractivity contribution in [2.24, 2.45) is 0 Å². The summed E-state index contributed by atoms with van der Waals surface area (Å²) in [5.74, 6) is 2.07. The average Bonchev–Trinajstić information content (AvgIpc) is 3.41. The number of methoxy groups -OCH3 is 1. The van der Waals surface area contributed by atoms with Crippen LogP contribution in [0, 0.1) is 13.8 Å². The van der Waals surface area contributed by atoms with Gasteiger partial charge in [0.25, 0.3) is 0 Å². The third kappa shape index (κ3) is 4.08. The first-order chi connectivity index (χ1) is 15.6. The van der Waals surface area contributed by atoms with Crippen LogP contribution in [-0.4, -0.2) is 53.2 Å². The number of nitrogens with one attached hydrogen (secondary N) is 1. The summed E-state index contributed by atoms with van der Waals surface area (Å²) in [4.78, 5) is 14.8. The van der Waals surface area contributed by atoms with Crippen LogP contribution in [0.15, 0.2) is 36.5 Å². The molecule has 1 saturated heterocycles. The predicted molar refractivity (Wildman–Crippen MR) is 125 cm³/mol. The highest BCUT2D eigenvalue weighted by molar-refractivity contribution is 5.86. The molecular weight excluding hydrogens is 404 g/mol. The van der Waals surface area contributed by atoms with Gasteiger partial charge in [0, 0.05) is 40.8 Å². The SMILES string of the molecule is COc1cc2cnc(Oc3ccc4[nH]c(C)c(C)c4c3)nc2cc1OCCN1CCCC1. The van der Waals surface area contributed by atoms with Gasteiger partial charge in [-0.05, 0) is 69.6 Å². The van der Waals surface area contributed by atoms with Crippen molar-refractivity contribution < 1.29 is 14.2 Å². The lowest BCUT2D eigenvalue weighted by molar-refractivity contribution is 0.230. The van der Waals surface area contributed by atoms with Crippen molar-refractivity contribution >= 4 is 21.8 Å². The number of ether oxygens (including phenoxy) is 3. The molecule has 0 amide bonds. The summed E-state index contributed by atoms with van der Waals surface area (Å²) in [6.07, 6.45) is 4.29. The second-order valence-corrected chi connectivity index (χ2v) is 8.30. The molecular formula is C25H28N4O3. The summed E-state index contributed by atoms with van der Waals surface area (Å²) >= 11 is 0. The van der Waals surface area contributed by atoms with Crippen LogP contribution >= 0.6 is 0 Å². The van der Waals surface area contributed by atoms with Crippen molar-refractivity contribution in [1.82, 2.24) is 19.9 Å². The molecule has 0 saturated carbocycles. The van der Waals surface area contributed by atoms with E-state index in [0.29, 0.717) is 29.9 Å². The molecule has 1 N–H and O–H groups in total. The van der Waals surface area contributed by atoms with Gasteiger partial charge in [-0.15, -0.1) is 0 Å². The number of hydrogen-bond acceptors (Lipinski definition) is 6. The maximum Gasteiger partial charge on any atom is 0.322 e. The number of aromatic amines is 1. The van der Waals surface area contributed by atoms with Gasteiger partial charge in [-0.1, -0.05) is 0 Å².